The molecule has 0 N–H and O–H groups in total. The molecule has 0 saturated carbocycles. The van der Waals surface area contributed by atoms with Crippen LogP contribution in [-0.4, -0.2) is 9.49 Å². The van der Waals surface area contributed by atoms with Crippen molar-refractivity contribution in [3.05, 3.63) is 74.9 Å². The van der Waals surface area contributed by atoms with Gasteiger partial charge >= 0.3 is 0 Å². The van der Waals surface area contributed by atoms with E-state index in [1.165, 1.54) is 17.4 Å². The molecule has 2 heterocycles. The number of para-hydroxylation sites is 3. The molecule has 0 radical (unpaired) electrons. The monoisotopic (exact) mass is 379 g/mol. The van der Waals surface area contributed by atoms with E-state index in [1.807, 2.05) is 40.3 Å². The van der Waals surface area contributed by atoms with Gasteiger partial charge in [-0.3, -0.25) is 10.1 Å². The first-order chi connectivity index (χ1) is 13.0. The summed E-state index contributed by atoms with van der Waals surface area (Å²) in [5.41, 5.74) is 2.07. The van der Waals surface area contributed by atoms with Gasteiger partial charge in [0.15, 0.2) is 10.6 Å². The summed E-state index contributed by atoms with van der Waals surface area (Å²) in [6.07, 6.45) is 0. The lowest BCUT2D eigenvalue weighted by Gasteiger charge is -2.11. The van der Waals surface area contributed by atoms with Crippen LogP contribution < -0.4 is 4.80 Å². The molecular weight excluding hydrogens is 362 g/mol. The lowest BCUT2D eigenvalue weighted by molar-refractivity contribution is -0.384. The summed E-state index contributed by atoms with van der Waals surface area (Å²) in [6.45, 7) is 4.11. The molecule has 7 heteroatoms. The molecule has 0 amide bonds. The first kappa shape index (κ1) is 17.2. The number of nitro benzene ring substituents is 1. The van der Waals surface area contributed by atoms with Crippen LogP contribution in [0, 0.1) is 10.1 Å². The number of thiazole rings is 1. The second kappa shape index (κ2) is 6.85. The highest BCUT2D eigenvalue weighted by Crippen LogP contribution is 2.31. The summed E-state index contributed by atoms with van der Waals surface area (Å²) < 4.78 is 8.05. The summed E-state index contributed by atoms with van der Waals surface area (Å²) in [4.78, 5) is 16.1. The second-order valence-electron chi connectivity index (χ2n) is 6.37. The van der Waals surface area contributed by atoms with Gasteiger partial charge in [-0.15, -0.1) is 11.3 Å². The molecule has 4 rings (SSSR count). The molecule has 0 atom stereocenters. The predicted octanol–water partition coefficient (Wildman–Crippen LogP) is 5.68. The van der Waals surface area contributed by atoms with E-state index in [4.69, 9.17) is 4.42 Å². The van der Waals surface area contributed by atoms with Crippen molar-refractivity contribution in [1.29, 1.82) is 0 Å². The Morgan fingerprint density at radius 2 is 1.89 bits per heavy atom. The van der Waals surface area contributed by atoms with Gasteiger partial charge in [-0.1, -0.05) is 30.3 Å². The van der Waals surface area contributed by atoms with E-state index >= 15 is 0 Å². The Balaban J connectivity index is 1.90. The second-order valence-corrected chi connectivity index (χ2v) is 7.21. The van der Waals surface area contributed by atoms with Crippen molar-refractivity contribution in [3.63, 3.8) is 0 Å². The highest BCUT2D eigenvalue weighted by Gasteiger charge is 2.17. The molecule has 0 saturated heterocycles. The Morgan fingerprint density at radius 1 is 1.15 bits per heavy atom. The van der Waals surface area contributed by atoms with Crippen LogP contribution in [0.3, 0.4) is 0 Å². The summed E-state index contributed by atoms with van der Waals surface area (Å²) in [5.74, 6) is 0.755. The largest absolute Gasteiger partial charge is 0.454 e. The van der Waals surface area contributed by atoms with Crippen molar-refractivity contribution >= 4 is 33.7 Å². The van der Waals surface area contributed by atoms with Crippen molar-refractivity contribution in [3.8, 4) is 11.5 Å². The maximum atomic E-state index is 11.3. The lowest BCUT2D eigenvalue weighted by Crippen LogP contribution is -2.17. The number of furan rings is 1. The van der Waals surface area contributed by atoms with Crippen LogP contribution in [0.1, 0.15) is 19.9 Å². The zero-order valence-corrected chi connectivity index (χ0v) is 15.6. The van der Waals surface area contributed by atoms with E-state index in [0.717, 1.165) is 22.4 Å². The van der Waals surface area contributed by atoms with Gasteiger partial charge in [0, 0.05) is 22.9 Å². The molecule has 0 aliphatic heterocycles. The Morgan fingerprint density at radius 3 is 2.63 bits per heavy atom. The summed E-state index contributed by atoms with van der Waals surface area (Å²) >= 11 is 1.44. The van der Waals surface area contributed by atoms with Crippen LogP contribution in [0.25, 0.3) is 22.4 Å². The van der Waals surface area contributed by atoms with Gasteiger partial charge in [-0.05, 0) is 32.0 Å². The Kier molecular flexibility index (Phi) is 4.37. The molecule has 0 aliphatic carbocycles. The number of fused-ring (bicyclic) bond motifs is 1. The molecular formula is C20H17N3O3S. The molecule has 4 aromatic rings. The third kappa shape index (κ3) is 3.17. The molecule has 2 aromatic heterocycles. The van der Waals surface area contributed by atoms with Crippen molar-refractivity contribution in [2.75, 3.05) is 0 Å². The molecule has 136 valence electrons. The van der Waals surface area contributed by atoms with Crippen molar-refractivity contribution < 1.29 is 9.34 Å². The number of hydrogen-bond donors (Lipinski definition) is 0. The summed E-state index contributed by atoms with van der Waals surface area (Å²) in [5, 5.41) is 14.3. The summed E-state index contributed by atoms with van der Waals surface area (Å²) in [7, 11) is 0. The maximum absolute atomic E-state index is 11.3. The van der Waals surface area contributed by atoms with Gasteiger partial charge in [0.1, 0.15) is 11.3 Å². The minimum absolute atomic E-state index is 0.00788. The molecule has 0 aliphatic rings. The minimum atomic E-state index is -0.410. The molecule has 0 unspecified atom stereocenters. The fraction of sp³-hybridized carbons (Fsp3) is 0.150. The van der Waals surface area contributed by atoms with Gasteiger partial charge in [0.05, 0.1) is 10.6 Å². The number of benzene rings is 2. The molecule has 27 heavy (non-hydrogen) atoms. The average Bonchev–Trinajstić information content (AvgIpc) is 3.25. The highest BCUT2D eigenvalue weighted by atomic mass is 32.1. The number of nitro groups is 1. The van der Waals surface area contributed by atoms with Crippen LogP contribution >= 0.6 is 11.3 Å². The molecule has 0 bridgehead atoms. The van der Waals surface area contributed by atoms with E-state index in [-0.39, 0.29) is 11.7 Å². The minimum Gasteiger partial charge on any atom is -0.454 e. The normalized spacial score (nSPS) is 12.2. The predicted molar refractivity (Wildman–Crippen MR) is 106 cm³/mol. The smallest absolute Gasteiger partial charge is 0.294 e. The fourth-order valence-electron chi connectivity index (χ4n) is 3.01. The standard InChI is InChI=1S/C20H17N3O3S/c1-13(2)22-17(19-11-14-7-3-6-10-18(14)26-19)12-27-20(22)21-15-8-4-5-9-16(15)23(24)25/h3-13H,1-2H3. The molecule has 2 aromatic carbocycles. The lowest BCUT2D eigenvalue weighted by atomic mass is 10.2. The number of nitrogens with zero attached hydrogens (tertiary/aromatic N) is 3. The Hall–Kier alpha value is -3.19. The van der Waals surface area contributed by atoms with Crippen molar-refractivity contribution in [2.45, 2.75) is 19.9 Å². The Labute approximate surface area is 159 Å². The zero-order chi connectivity index (χ0) is 19.0. The van der Waals surface area contributed by atoms with Crippen LogP contribution in [0.2, 0.25) is 0 Å². The molecule has 0 fully saturated rings. The van der Waals surface area contributed by atoms with Crippen LogP contribution in [0.15, 0.2) is 69.4 Å². The van der Waals surface area contributed by atoms with Crippen molar-refractivity contribution in [1.82, 2.24) is 4.57 Å². The quantitative estimate of drug-likeness (QED) is 0.338. The van der Waals surface area contributed by atoms with Crippen LogP contribution in [-0.2, 0) is 0 Å². The third-order valence-corrected chi connectivity index (χ3v) is 5.07. The van der Waals surface area contributed by atoms with E-state index in [0.29, 0.717) is 10.5 Å². The van der Waals surface area contributed by atoms with Crippen molar-refractivity contribution in [2.24, 2.45) is 4.99 Å². The van der Waals surface area contributed by atoms with Gasteiger partial charge < -0.3 is 8.98 Å². The fourth-order valence-corrected chi connectivity index (χ4v) is 4.03. The van der Waals surface area contributed by atoms with E-state index in [9.17, 15) is 10.1 Å². The third-order valence-electron chi connectivity index (χ3n) is 4.23. The first-order valence-corrected chi connectivity index (χ1v) is 9.39. The van der Waals surface area contributed by atoms with E-state index < -0.39 is 4.92 Å². The SMILES string of the molecule is CC(C)n1c(-c2cc3ccccc3o2)csc1=Nc1ccccc1[N+](=O)[O-]. The van der Waals surface area contributed by atoms with E-state index in [2.05, 4.69) is 18.8 Å². The average molecular weight is 379 g/mol. The van der Waals surface area contributed by atoms with Gasteiger partial charge in [-0.25, -0.2) is 4.99 Å². The van der Waals surface area contributed by atoms with Gasteiger partial charge in [0.25, 0.3) is 5.69 Å². The highest BCUT2D eigenvalue weighted by molar-refractivity contribution is 7.07. The van der Waals surface area contributed by atoms with Crippen LogP contribution in [0.5, 0.6) is 0 Å². The first-order valence-electron chi connectivity index (χ1n) is 8.51. The number of rotatable bonds is 4. The molecule has 6 nitrogen and oxygen atoms in total. The number of hydrogen-bond acceptors (Lipinski definition) is 5. The summed E-state index contributed by atoms with van der Waals surface area (Å²) in [6, 6.07) is 16.5. The zero-order valence-electron chi connectivity index (χ0n) is 14.8. The van der Waals surface area contributed by atoms with Gasteiger partial charge in [0.2, 0.25) is 0 Å². The maximum Gasteiger partial charge on any atom is 0.294 e. The Bertz CT molecular complexity index is 1170. The topological polar surface area (TPSA) is 73.6 Å². The van der Waals surface area contributed by atoms with Gasteiger partial charge in [-0.2, -0.15) is 0 Å². The van der Waals surface area contributed by atoms with Crippen LogP contribution in [0.4, 0.5) is 11.4 Å². The number of aromatic nitrogens is 1. The van der Waals surface area contributed by atoms with E-state index in [1.54, 1.807) is 18.2 Å². The molecule has 0 spiro atoms.